The first-order valence-electron chi connectivity index (χ1n) is 6.43. The van der Waals surface area contributed by atoms with Gasteiger partial charge >= 0.3 is 0 Å². The topological polar surface area (TPSA) is 105 Å². The van der Waals surface area contributed by atoms with Gasteiger partial charge in [-0.3, -0.25) is 9.59 Å². The molecule has 0 bridgehead atoms. The molecule has 0 aromatic rings. The first-order chi connectivity index (χ1) is 8.61. The van der Waals surface area contributed by atoms with Crippen molar-refractivity contribution in [2.45, 2.75) is 44.8 Å². The Bertz CT molecular complexity index is 263. The molecule has 0 saturated carbocycles. The summed E-state index contributed by atoms with van der Waals surface area (Å²) in [7, 11) is 0. The fourth-order valence-corrected chi connectivity index (χ4v) is 1.93. The minimum absolute atomic E-state index is 0.0955. The fraction of sp³-hybridized carbons (Fsp3) is 0.833. The number of unbranched alkanes of at least 4 members (excludes halogenated alkanes) is 1. The molecular formula is C12H22N2O4. The maximum Gasteiger partial charge on any atom is 0.229 e. The molecule has 0 aliphatic carbocycles. The minimum atomic E-state index is -0.865. The molecule has 2 amide bonds. The van der Waals surface area contributed by atoms with Crippen LogP contribution in [0.25, 0.3) is 0 Å². The molecule has 1 saturated heterocycles. The largest absolute Gasteiger partial charge is 0.369 e. The zero-order chi connectivity index (χ0) is 13.4. The molecule has 104 valence electrons. The van der Waals surface area contributed by atoms with Crippen LogP contribution in [0.5, 0.6) is 0 Å². The molecule has 1 unspecified atom stereocenters. The van der Waals surface area contributed by atoms with Crippen molar-refractivity contribution in [1.29, 1.82) is 0 Å². The van der Waals surface area contributed by atoms with E-state index < -0.39 is 17.7 Å². The van der Waals surface area contributed by atoms with Crippen LogP contribution >= 0.6 is 0 Å². The van der Waals surface area contributed by atoms with E-state index in [0.29, 0.717) is 19.4 Å². The molecule has 6 heteroatoms. The third-order valence-electron chi connectivity index (χ3n) is 3.02. The minimum Gasteiger partial charge on any atom is -0.369 e. The number of hydrogen-bond acceptors (Lipinski definition) is 4. The second-order valence-electron chi connectivity index (χ2n) is 4.52. The SMILES string of the molecule is NC(=O)C(CCCCOC1CCCCO1)C(N)=O. The summed E-state index contributed by atoms with van der Waals surface area (Å²) in [6.07, 6.45) is 4.90. The molecule has 1 atom stereocenters. The standard InChI is InChI=1S/C12H22N2O4/c13-11(15)9(12(14)16)5-1-3-7-17-10-6-2-4-8-18-10/h9-10H,1-8H2,(H2,13,15)(H2,14,16). The van der Waals surface area contributed by atoms with Crippen LogP contribution in [0.3, 0.4) is 0 Å². The number of nitrogens with two attached hydrogens (primary N) is 2. The monoisotopic (exact) mass is 258 g/mol. The lowest BCUT2D eigenvalue weighted by molar-refractivity contribution is -0.163. The molecule has 18 heavy (non-hydrogen) atoms. The highest BCUT2D eigenvalue weighted by molar-refractivity contribution is 5.98. The Morgan fingerprint density at radius 2 is 1.94 bits per heavy atom. The molecular weight excluding hydrogens is 236 g/mol. The molecule has 1 aliphatic heterocycles. The quantitative estimate of drug-likeness (QED) is 0.482. The van der Waals surface area contributed by atoms with E-state index >= 15 is 0 Å². The maximum absolute atomic E-state index is 10.9. The second kappa shape index (κ2) is 8.05. The maximum atomic E-state index is 10.9. The van der Waals surface area contributed by atoms with Gasteiger partial charge in [0.15, 0.2) is 6.29 Å². The fourth-order valence-electron chi connectivity index (χ4n) is 1.93. The number of primary amides is 2. The van der Waals surface area contributed by atoms with Gasteiger partial charge in [-0.2, -0.15) is 0 Å². The normalized spacial score (nSPS) is 19.9. The smallest absolute Gasteiger partial charge is 0.229 e. The summed E-state index contributed by atoms with van der Waals surface area (Å²) in [4.78, 5) is 21.8. The third kappa shape index (κ3) is 5.46. The predicted octanol–water partition coefficient (Wildman–Crippen LogP) is 0.287. The van der Waals surface area contributed by atoms with Gasteiger partial charge in [-0.1, -0.05) is 0 Å². The van der Waals surface area contributed by atoms with Gasteiger partial charge < -0.3 is 20.9 Å². The van der Waals surface area contributed by atoms with Crippen molar-refractivity contribution in [3.05, 3.63) is 0 Å². The highest BCUT2D eigenvalue weighted by Crippen LogP contribution is 2.14. The third-order valence-corrected chi connectivity index (χ3v) is 3.02. The molecule has 1 fully saturated rings. The Morgan fingerprint density at radius 3 is 2.50 bits per heavy atom. The summed E-state index contributed by atoms with van der Waals surface area (Å²) in [5.74, 6) is -2.17. The first kappa shape index (κ1) is 14.9. The Balaban J connectivity index is 2.06. The van der Waals surface area contributed by atoms with Crippen LogP contribution in [-0.4, -0.2) is 31.3 Å². The molecule has 6 nitrogen and oxygen atoms in total. The van der Waals surface area contributed by atoms with Crippen molar-refractivity contribution in [3.63, 3.8) is 0 Å². The lowest BCUT2D eigenvalue weighted by atomic mass is 10.0. The van der Waals surface area contributed by atoms with Crippen molar-refractivity contribution in [1.82, 2.24) is 0 Å². The van der Waals surface area contributed by atoms with Gasteiger partial charge in [0.1, 0.15) is 5.92 Å². The zero-order valence-corrected chi connectivity index (χ0v) is 10.6. The number of carbonyl (C=O) groups excluding carboxylic acids is 2. The van der Waals surface area contributed by atoms with Gasteiger partial charge in [0.25, 0.3) is 0 Å². The molecule has 1 aliphatic rings. The summed E-state index contributed by atoms with van der Waals surface area (Å²) >= 11 is 0. The number of rotatable bonds is 8. The van der Waals surface area contributed by atoms with Gasteiger partial charge in [0, 0.05) is 13.2 Å². The average Bonchev–Trinajstić information content (AvgIpc) is 2.34. The van der Waals surface area contributed by atoms with E-state index in [-0.39, 0.29) is 6.29 Å². The van der Waals surface area contributed by atoms with Crippen LogP contribution in [0, 0.1) is 5.92 Å². The molecule has 0 spiro atoms. The van der Waals surface area contributed by atoms with Gasteiger partial charge in [-0.25, -0.2) is 0 Å². The van der Waals surface area contributed by atoms with Crippen molar-refractivity contribution >= 4 is 11.8 Å². The molecule has 1 heterocycles. The summed E-state index contributed by atoms with van der Waals surface area (Å²) in [5, 5.41) is 0. The number of ether oxygens (including phenoxy) is 2. The van der Waals surface area contributed by atoms with Crippen molar-refractivity contribution in [3.8, 4) is 0 Å². The van der Waals surface area contributed by atoms with Gasteiger partial charge in [0.05, 0.1) is 0 Å². The van der Waals surface area contributed by atoms with Crippen LogP contribution in [0.15, 0.2) is 0 Å². The number of hydrogen-bond donors (Lipinski definition) is 2. The summed E-state index contributed by atoms with van der Waals surface area (Å²) < 4.78 is 10.9. The molecule has 1 rings (SSSR count). The second-order valence-corrected chi connectivity index (χ2v) is 4.52. The molecule has 0 radical (unpaired) electrons. The molecule has 0 aromatic carbocycles. The van der Waals surface area contributed by atoms with Crippen LogP contribution in [0.4, 0.5) is 0 Å². The van der Waals surface area contributed by atoms with Crippen molar-refractivity contribution in [2.75, 3.05) is 13.2 Å². The van der Waals surface area contributed by atoms with Crippen molar-refractivity contribution < 1.29 is 19.1 Å². The van der Waals surface area contributed by atoms with E-state index in [9.17, 15) is 9.59 Å². The van der Waals surface area contributed by atoms with Crippen LogP contribution in [0.1, 0.15) is 38.5 Å². The van der Waals surface area contributed by atoms with E-state index in [1.807, 2.05) is 0 Å². The van der Waals surface area contributed by atoms with E-state index in [2.05, 4.69) is 0 Å². The Kier molecular flexibility index (Phi) is 6.67. The lowest BCUT2D eigenvalue weighted by Gasteiger charge is -2.22. The predicted molar refractivity (Wildman–Crippen MR) is 65.3 cm³/mol. The summed E-state index contributed by atoms with van der Waals surface area (Å²) in [6.45, 7) is 1.32. The molecule has 0 aromatic heterocycles. The van der Waals surface area contributed by atoms with Crippen LogP contribution in [-0.2, 0) is 19.1 Å². The van der Waals surface area contributed by atoms with Gasteiger partial charge in [0.2, 0.25) is 11.8 Å². The van der Waals surface area contributed by atoms with E-state index in [1.165, 1.54) is 0 Å². The van der Waals surface area contributed by atoms with Crippen molar-refractivity contribution in [2.24, 2.45) is 17.4 Å². The number of amides is 2. The lowest BCUT2D eigenvalue weighted by Crippen LogP contribution is -2.35. The average molecular weight is 258 g/mol. The van der Waals surface area contributed by atoms with E-state index in [4.69, 9.17) is 20.9 Å². The Hall–Kier alpha value is -1.14. The van der Waals surface area contributed by atoms with Gasteiger partial charge in [-0.05, 0) is 38.5 Å². The number of carbonyl (C=O) groups is 2. The highest BCUT2D eigenvalue weighted by Gasteiger charge is 2.21. The Morgan fingerprint density at radius 1 is 1.22 bits per heavy atom. The Labute approximate surface area is 107 Å². The van der Waals surface area contributed by atoms with Gasteiger partial charge in [-0.15, -0.1) is 0 Å². The summed E-state index contributed by atoms with van der Waals surface area (Å²) in [5.41, 5.74) is 10.2. The van der Waals surface area contributed by atoms with Crippen LogP contribution in [0.2, 0.25) is 0 Å². The van der Waals surface area contributed by atoms with E-state index in [0.717, 1.165) is 32.3 Å². The highest BCUT2D eigenvalue weighted by atomic mass is 16.7. The molecule has 4 N–H and O–H groups in total. The van der Waals surface area contributed by atoms with Crippen LogP contribution < -0.4 is 11.5 Å². The zero-order valence-electron chi connectivity index (χ0n) is 10.6. The van der Waals surface area contributed by atoms with E-state index in [1.54, 1.807) is 0 Å². The first-order valence-corrected chi connectivity index (χ1v) is 6.43. The summed E-state index contributed by atoms with van der Waals surface area (Å²) in [6, 6.07) is 0.